The van der Waals surface area contributed by atoms with Crippen molar-refractivity contribution < 1.29 is 9.53 Å². The topological polar surface area (TPSA) is 52.3 Å². The number of ether oxygens (including phenoxy) is 1. The van der Waals surface area contributed by atoms with Crippen molar-refractivity contribution in [3.05, 3.63) is 28.3 Å². The van der Waals surface area contributed by atoms with Gasteiger partial charge in [-0.2, -0.15) is 0 Å². The molecule has 0 fully saturated rings. The van der Waals surface area contributed by atoms with Crippen LogP contribution in [0.5, 0.6) is 5.75 Å². The van der Waals surface area contributed by atoms with Gasteiger partial charge in [-0.1, -0.05) is 0 Å². The monoisotopic (exact) mass is 203 g/mol. The van der Waals surface area contributed by atoms with Gasteiger partial charge < -0.3 is 10.5 Å². The van der Waals surface area contributed by atoms with E-state index in [1.54, 1.807) is 0 Å². The highest BCUT2D eigenvalue weighted by atomic mass is 16.5. The molecular formula is C12H13NO2. The van der Waals surface area contributed by atoms with E-state index < -0.39 is 0 Å². The normalized spacial score (nSPS) is 17.1. The van der Waals surface area contributed by atoms with Crippen molar-refractivity contribution in [1.29, 1.82) is 0 Å². The predicted octanol–water partition coefficient (Wildman–Crippen LogP) is 1.21. The van der Waals surface area contributed by atoms with Crippen LogP contribution in [0.25, 0.3) is 0 Å². The zero-order valence-electron chi connectivity index (χ0n) is 8.51. The van der Waals surface area contributed by atoms with Crippen LogP contribution in [0.1, 0.15) is 33.5 Å². The van der Waals surface area contributed by atoms with Gasteiger partial charge in [0.2, 0.25) is 5.91 Å². The molecule has 0 saturated carbocycles. The Morgan fingerprint density at radius 2 is 2.13 bits per heavy atom. The van der Waals surface area contributed by atoms with Crippen molar-refractivity contribution in [3.8, 4) is 5.75 Å². The maximum Gasteiger partial charge on any atom is 0.249 e. The highest BCUT2D eigenvalue weighted by molar-refractivity contribution is 5.97. The molecule has 3 heteroatoms. The van der Waals surface area contributed by atoms with Gasteiger partial charge in [0.1, 0.15) is 5.75 Å². The summed E-state index contributed by atoms with van der Waals surface area (Å²) in [7, 11) is 0. The number of primary amides is 1. The Morgan fingerprint density at radius 1 is 1.27 bits per heavy atom. The predicted molar refractivity (Wildman–Crippen MR) is 56.2 cm³/mol. The molecule has 0 bridgehead atoms. The van der Waals surface area contributed by atoms with Gasteiger partial charge in [-0.25, -0.2) is 0 Å². The van der Waals surface area contributed by atoms with Crippen molar-refractivity contribution in [2.45, 2.75) is 25.7 Å². The Balaban J connectivity index is 2.29. The molecule has 1 aliphatic carbocycles. The number of aryl methyl sites for hydroxylation is 1. The molecule has 0 radical (unpaired) electrons. The van der Waals surface area contributed by atoms with Crippen LogP contribution in [0.15, 0.2) is 6.07 Å². The minimum atomic E-state index is -0.296. The summed E-state index contributed by atoms with van der Waals surface area (Å²) >= 11 is 0. The van der Waals surface area contributed by atoms with Crippen molar-refractivity contribution >= 4 is 5.91 Å². The van der Waals surface area contributed by atoms with Crippen LogP contribution in [0.2, 0.25) is 0 Å². The summed E-state index contributed by atoms with van der Waals surface area (Å²) in [6.45, 7) is 0.679. The van der Waals surface area contributed by atoms with Crippen LogP contribution in [-0.4, -0.2) is 12.5 Å². The highest BCUT2D eigenvalue weighted by Gasteiger charge is 2.27. The summed E-state index contributed by atoms with van der Waals surface area (Å²) < 4.78 is 5.51. The molecule has 0 unspecified atom stereocenters. The zero-order chi connectivity index (χ0) is 10.4. The Kier molecular flexibility index (Phi) is 1.75. The highest BCUT2D eigenvalue weighted by Crippen LogP contribution is 2.37. The average Bonchev–Trinajstić information content (AvgIpc) is 2.79. The molecule has 3 nitrogen and oxygen atoms in total. The number of hydrogen-bond donors (Lipinski definition) is 1. The summed E-state index contributed by atoms with van der Waals surface area (Å²) in [4.78, 5) is 11.5. The van der Waals surface area contributed by atoms with Crippen LogP contribution < -0.4 is 10.5 Å². The Bertz CT molecular complexity index is 419. The average molecular weight is 203 g/mol. The summed E-state index contributed by atoms with van der Waals surface area (Å²) in [6, 6.07) is 2.09. The number of benzene rings is 1. The number of hydrogen-bond acceptors (Lipinski definition) is 2. The third-order valence-electron chi connectivity index (χ3n) is 3.32. The summed E-state index contributed by atoms with van der Waals surface area (Å²) in [5.41, 5.74) is 9.67. The number of carbonyl (C=O) groups is 1. The van der Waals surface area contributed by atoms with Crippen LogP contribution in [-0.2, 0) is 19.3 Å². The minimum absolute atomic E-state index is 0.296. The first-order valence-electron chi connectivity index (χ1n) is 5.37. The molecule has 3 rings (SSSR count). The van der Waals surface area contributed by atoms with Crippen LogP contribution in [0.3, 0.4) is 0 Å². The van der Waals surface area contributed by atoms with Crippen molar-refractivity contribution in [2.24, 2.45) is 5.73 Å². The Hall–Kier alpha value is -1.51. The van der Waals surface area contributed by atoms with Gasteiger partial charge in [-0.3, -0.25) is 4.79 Å². The number of fused-ring (bicyclic) bond motifs is 2. The first kappa shape index (κ1) is 8.77. The fourth-order valence-electron chi connectivity index (χ4n) is 2.70. The third kappa shape index (κ3) is 1.16. The van der Waals surface area contributed by atoms with Crippen LogP contribution in [0.4, 0.5) is 0 Å². The van der Waals surface area contributed by atoms with Gasteiger partial charge in [0.25, 0.3) is 0 Å². The van der Waals surface area contributed by atoms with Crippen LogP contribution in [0, 0.1) is 0 Å². The van der Waals surface area contributed by atoms with E-state index in [0.717, 1.165) is 42.6 Å². The second-order valence-electron chi connectivity index (χ2n) is 4.18. The van der Waals surface area contributed by atoms with E-state index >= 15 is 0 Å². The maximum absolute atomic E-state index is 11.5. The molecule has 15 heavy (non-hydrogen) atoms. The number of rotatable bonds is 1. The third-order valence-corrected chi connectivity index (χ3v) is 3.32. The smallest absolute Gasteiger partial charge is 0.249 e. The van der Waals surface area contributed by atoms with Gasteiger partial charge in [-0.15, -0.1) is 0 Å². The summed E-state index contributed by atoms with van der Waals surface area (Å²) in [5.74, 6) is 0.583. The lowest BCUT2D eigenvalue weighted by Gasteiger charge is -2.10. The SMILES string of the molecule is NC(=O)c1c2c(cc3c1CCO3)CCC2. The fourth-order valence-corrected chi connectivity index (χ4v) is 2.70. The minimum Gasteiger partial charge on any atom is -0.493 e. The molecule has 1 aliphatic heterocycles. The van der Waals surface area contributed by atoms with Gasteiger partial charge >= 0.3 is 0 Å². The standard InChI is InChI=1S/C12H13NO2/c13-12(14)11-8-3-1-2-7(8)6-10-9(11)4-5-15-10/h6H,1-5H2,(H2,13,14). The molecule has 2 aliphatic rings. The second-order valence-corrected chi connectivity index (χ2v) is 4.18. The molecule has 0 saturated heterocycles. The molecule has 1 aromatic rings. The van der Waals surface area contributed by atoms with Gasteiger partial charge in [0, 0.05) is 17.5 Å². The van der Waals surface area contributed by atoms with Gasteiger partial charge in [-0.05, 0) is 36.5 Å². The summed E-state index contributed by atoms with van der Waals surface area (Å²) in [6.07, 6.45) is 3.98. The second kappa shape index (κ2) is 2.99. The number of carbonyl (C=O) groups excluding carboxylic acids is 1. The summed E-state index contributed by atoms with van der Waals surface area (Å²) in [5, 5.41) is 0. The molecule has 0 aromatic heterocycles. The first-order valence-corrected chi connectivity index (χ1v) is 5.37. The van der Waals surface area contributed by atoms with E-state index in [2.05, 4.69) is 6.07 Å². The maximum atomic E-state index is 11.5. The Labute approximate surface area is 88.2 Å². The first-order chi connectivity index (χ1) is 7.27. The van der Waals surface area contributed by atoms with Crippen molar-refractivity contribution in [3.63, 3.8) is 0 Å². The van der Waals surface area contributed by atoms with Gasteiger partial charge in [0.15, 0.2) is 0 Å². The number of nitrogens with two attached hydrogens (primary N) is 1. The lowest BCUT2D eigenvalue weighted by atomic mass is 9.95. The van der Waals surface area contributed by atoms with E-state index in [4.69, 9.17) is 10.5 Å². The quantitative estimate of drug-likeness (QED) is 0.745. The molecule has 1 amide bonds. The zero-order valence-corrected chi connectivity index (χ0v) is 8.51. The van der Waals surface area contributed by atoms with Crippen LogP contribution >= 0.6 is 0 Å². The molecule has 0 spiro atoms. The van der Waals surface area contributed by atoms with E-state index in [-0.39, 0.29) is 5.91 Å². The molecule has 0 atom stereocenters. The largest absolute Gasteiger partial charge is 0.493 e. The van der Waals surface area contributed by atoms with E-state index in [1.807, 2.05) is 0 Å². The lowest BCUT2D eigenvalue weighted by Crippen LogP contribution is -2.16. The molecule has 78 valence electrons. The number of amides is 1. The van der Waals surface area contributed by atoms with E-state index in [0.29, 0.717) is 6.61 Å². The van der Waals surface area contributed by atoms with E-state index in [9.17, 15) is 4.79 Å². The Morgan fingerprint density at radius 3 is 2.93 bits per heavy atom. The van der Waals surface area contributed by atoms with Crippen molar-refractivity contribution in [1.82, 2.24) is 0 Å². The lowest BCUT2D eigenvalue weighted by molar-refractivity contribution is 0.0998. The molecule has 1 heterocycles. The molecule has 1 aromatic carbocycles. The molecular weight excluding hydrogens is 190 g/mol. The van der Waals surface area contributed by atoms with Gasteiger partial charge in [0.05, 0.1) is 6.61 Å². The fraction of sp³-hybridized carbons (Fsp3) is 0.417. The van der Waals surface area contributed by atoms with E-state index in [1.165, 1.54) is 11.1 Å². The van der Waals surface area contributed by atoms with Crippen molar-refractivity contribution in [2.75, 3.05) is 6.61 Å². The molecule has 2 N–H and O–H groups in total.